The lowest BCUT2D eigenvalue weighted by Crippen LogP contribution is -2.44. The predicted molar refractivity (Wildman–Crippen MR) is 178 cm³/mol. The average Bonchev–Trinajstić information content (AvgIpc) is 3.32. The van der Waals surface area contributed by atoms with Gasteiger partial charge in [0.15, 0.2) is 0 Å². The Kier molecular flexibility index (Phi) is 10.8. The van der Waals surface area contributed by atoms with Crippen molar-refractivity contribution in [1.29, 1.82) is 0 Å². The van der Waals surface area contributed by atoms with Gasteiger partial charge in [0.25, 0.3) is 27.4 Å². The van der Waals surface area contributed by atoms with Crippen LogP contribution >= 0.6 is 0 Å². The van der Waals surface area contributed by atoms with E-state index in [2.05, 4.69) is 15.4 Å². The van der Waals surface area contributed by atoms with Crippen molar-refractivity contribution >= 4 is 33.5 Å². The van der Waals surface area contributed by atoms with Crippen LogP contribution in [0.2, 0.25) is 0 Å². The highest BCUT2D eigenvalue weighted by Crippen LogP contribution is 2.23. The number of hydrogen-bond donors (Lipinski definition) is 3. The summed E-state index contributed by atoms with van der Waals surface area (Å²) in [6.07, 6.45) is 0.923. The fourth-order valence-electron chi connectivity index (χ4n) is 4.78. The Balaban J connectivity index is 1.52. The molecule has 3 aromatic carbocycles. The van der Waals surface area contributed by atoms with Crippen LogP contribution in [-0.4, -0.2) is 53.2 Å². The van der Waals surface area contributed by atoms with Gasteiger partial charge in [-0.25, -0.2) is 26.7 Å². The molecule has 3 N–H and O–H groups in total. The Labute approximate surface area is 282 Å². The molecule has 0 aliphatic heterocycles. The van der Waals surface area contributed by atoms with E-state index in [4.69, 9.17) is 4.74 Å². The Morgan fingerprint density at radius 2 is 1.49 bits per heavy atom. The first-order chi connectivity index (χ1) is 22.8. The van der Waals surface area contributed by atoms with E-state index in [-0.39, 0.29) is 22.4 Å². The average molecular weight is 698 g/mol. The summed E-state index contributed by atoms with van der Waals surface area (Å²) in [5.74, 6) is -5.32. The van der Waals surface area contributed by atoms with Gasteiger partial charge in [-0.3, -0.25) is 23.8 Å². The van der Waals surface area contributed by atoms with Gasteiger partial charge in [0, 0.05) is 36.8 Å². The molecule has 0 fully saturated rings. The molecule has 260 valence electrons. The van der Waals surface area contributed by atoms with E-state index in [0.717, 1.165) is 0 Å². The number of carbonyl (C=O) groups excluding carboxylic acids is 3. The molecule has 1 heterocycles. The van der Waals surface area contributed by atoms with Crippen molar-refractivity contribution in [3.05, 3.63) is 112 Å². The summed E-state index contributed by atoms with van der Waals surface area (Å²) in [4.78, 5) is 50.3. The molecule has 0 radical (unpaired) electrons. The van der Waals surface area contributed by atoms with Gasteiger partial charge in [0.2, 0.25) is 0 Å². The van der Waals surface area contributed by atoms with E-state index in [1.54, 1.807) is 76.8 Å². The van der Waals surface area contributed by atoms with Crippen LogP contribution < -0.4 is 20.9 Å². The van der Waals surface area contributed by atoms with Gasteiger partial charge < -0.3 is 15.4 Å². The third-order valence-electron chi connectivity index (χ3n) is 6.96. The van der Waals surface area contributed by atoms with Crippen molar-refractivity contribution in [3.63, 3.8) is 0 Å². The number of nitrogens with one attached hydrogen (secondary N) is 3. The Bertz CT molecular complexity index is 2010. The summed E-state index contributed by atoms with van der Waals surface area (Å²) in [7, 11) is -2.66. The van der Waals surface area contributed by atoms with Crippen LogP contribution in [0.4, 0.5) is 14.5 Å². The quantitative estimate of drug-likeness (QED) is 0.200. The lowest BCUT2D eigenvalue weighted by Gasteiger charge is -2.20. The largest absolute Gasteiger partial charge is 0.461 e. The minimum atomic E-state index is -4.35. The number of sulfonamides is 1. The minimum absolute atomic E-state index is 0.114. The Morgan fingerprint density at radius 3 is 2.00 bits per heavy atom. The predicted octanol–water partition coefficient (Wildman–Crippen LogP) is 4.08. The van der Waals surface area contributed by atoms with Crippen LogP contribution in [-0.2, 0) is 33.0 Å². The summed E-state index contributed by atoms with van der Waals surface area (Å²) in [5.41, 5.74) is -1.01. The maximum absolute atomic E-state index is 15.2. The summed E-state index contributed by atoms with van der Waals surface area (Å²) in [6, 6.07) is 12.8. The van der Waals surface area contributed by atoms with Crippen molar-refractivity contribution in [3.8, 4) is 5.69 Å². The van der Waals surface area contributed by atoms with Crippen molar-refractivity contribution < 1.29 is 36.3 Å². The first-order valence-corrected chi connectivity index (χ1v) is 16.6. The molecule has 1 atom stereocenters. The normalized spacial score (nSPS) is 12.3. The zero-order chi connectivity index (χ0) is 36.3. The lowest BCUT2D eigenvalue weighted by atomic mass is 10.0. The van der Waals surface area contributed by atoms with E-state index in [1.807, 2.05) is 0 Å². The lowest BCUT2D eigenvalue weighted by molar-refractivity contribution is -0.149. The smallest absolute Gasteiger partial charge is 0.329 e. The van der Waals surface area contributed by atoms with E-state index >= 15 is 8.78 Å². The number of carbonyl (C=O) groups is 3. The molecule has 0 aliphatic rings. The molecule has 0 saturated heterocycles. The molecule has 1 aromatic heterocycles. The van der Waals surface area contributed by atoms with Crippen molar-refractivity contribution in [2.45, 2.75) is 63.6 Å². The molecule has 12 nitrogen and oxygen atoms in total. The molecule has 0 bridgehead atoms. The number of nitrogens with zero attached hydrogens (tertiary/aromatic N) is 2. The molecule has 49 heavy (non-hydrogen) atoms. The molecule has 0 spiro atoms. The molecular weight excluding hydrogens is 660 g/mol. The first kappa shape index (κ1) is 36.5. The maximum Gasteiger partial charge on any atom is 0.329 e. The number of hydrogen-bond acceptors (Lipinski definition) is 7. The highest BCUT2D eigenvalue weighted by atomic mass is 32.2. The van der Waals surface area contributed by atoms with Crippen LogP contribution in [0.5, 0.6) is 0 Å². The van der Waals surface area contributed by atoms with Gasteiger partial charge in [-0.05, 0) is 88.7 Å². The van der Waals surface area contributed by atoms with Crippen molar-refractivity contribution in [2.75, 3.05) is 4.72 Å². The number of amides is 2. The Hall–Kier alpha value is -5.31. The van der Waals surface area contributed by atoms with Gasteiger partial charge in [0.1, 0.15) is 23.2 Å². The zero-order valence-electron chi connectivity index (χ0n) is 27.7. The van der Waals surface area contributed by atoms with Crippen molar-refractivity contribution in [1.82, 2.24) is 20.0 Å². The number of anilines is 1. The van der Waals surface area contributed by atoms with Gasteiger partial charge in [-0.15, -0.1) is 0 Å². The maximum atomic E-state index is 15.2. The molecule has 0 aliphatic carbocycles. The van der Waals surface area contributed by atoms with E-state index in [1.165, 1.54) is 35.0 Å². The fraction of sp³-hybridized carbons (Fsp3) is 0.294. The molecule has 0 unspecified atom stereocenters. The van der Waals surface area contributed by atoms with E-state index in [9.17, 15) is 27.6 Å². The molecule has 2 amide bonds. The minimum Gasteiger partial charge on any atom is -0.461 e. The fourth-order valence-corrected chi connectivity index (χ4v) is 5.82. The second-order valence-electron chi connectivity index (χ2n) is 12.6. The van der Waals surface area contributed by atoms with Gasteiger partial charge in [-0.2, -0.15) is 0 Å². The van der Waals surface area contributed by atoms with Crippen LogP contribution in [0.3, 0.4) is 0 Å². The zero-order valence-corrected chi connectivity index (χ0v) is 28.5. The summed E-state index contributed by atoms with van der Waals surface area (Å²) >= 11 is 0. The molecular formula is C34H37F2N5O7S. The van der Waals surface area contributed by atoms with E-state index < -0.39 is 68.4 Å². The van der Waals surface area contributed by atoms with Crippen LogP contribution in [0.15, 0.2) is 82.6 Å². The van der Waals surface area contributed by atoms with Crippen molar-refractivity contribution in [2.24, 2.45) is 7.05 Å². The third-order valence-corrected chi connectivity index (χ3v) is 8.35. The molecule has 0 saturated carbocycles. The number of halogens is 2. The van der Waals surface area contributed by atoms with Gasteiger partial charge >= 0.3 is 5.97 Å². The monoisotopic (exact) mass is 697 g/mol. The highest BCUT2D eigenvalue weighted by molar-refractivity contribution is 7.92. The molecule has 4 rings (SSSR count). The van der Waals surface area contributed by atoms with E-state index in [0.29, 0.717) is 23.4 Å². The molecule has 15 heteroatoms. The van der Waals surface area contributed by atoms with Crippen LogP contribution in [0, 0.1) is 11.6 Å². The summed E-state index contributed by atoms with van der Waals surface area (Å²) < 4.78 is 66.7. The van der Waals surface area contributed by atoms with Gasteiger partial charge in [0.05, 0.1) is 22.4 Å². The molecule has 4 aromatic rings. The van der Waals surface area contributed by atoms with Crippen LogP contribution in [0.25, 0.3) is 5.69 Å². The standard InChI is InChI=1S/C34H37F2N5O7S/c1-20(2)48-33(45)28(17-21-7-11-24(12-8-21)41-29(42)15-16-40(41)6)37-32(44)30-26(35)18-23(19-27(30)36)39-49(46,47)25-13-9-22(10-14-25)31(43)38-34(3,4)5/h7-16,18-20,28,39H,17H2,1-6H3,(H,37,44)(H,38,43)/t28-/m0/s1. The number of aromatic nitrogens is 2. The Morgan fingerprint density at radius 1 is 0.898 bits per heavy atom. The topological polar surface area (TPSA) is 158 Å². The third kappa shape index (κ3) is 9.19. The second-order valence-corrected chi connectivity index (χ2v) is 14.3. The highest BCUT2D eigenvalue weighted by Gasteiger charge is 2.28. The number of rotatable bonds is 11. The first-order valence-electron chi connectivity index (χ1n) is 15.1. The summed E-state index contributed by atoms with van der Waals surface area (Å²) in [5, 5.41) is 5.08. The van der Waals surface area contributed by atoms with Crippen LogP contribution in [0.1, 0.15) is 60.9 Å². The number of esters is 1. The second kappa shape index (κ2) is 14.4. The number of ether oxygens (including phenoxy) is 1. The SMILES string of the molecule is CC(C)OC(=O)[C@H](Cc1ccc(-n2c(=O)ccn2C)cc1)NC(=O)c1c(F)cc(NS(=O)(=O)c2ccc(C(=O)NC(C)(C)C)cc2)cc1F. The number of benzene rings is 3. The summed E-state index contributed by atoms with van der Waals surface area (Å²) in [6.45, 7) is 8.56. The van der Waals surface area contributed by atoms with Gasteiger partial charge in [-0.1, -0.05) is 12.1 Å². The number of aryl methyl sites for hydroxylation is 1.